The molecule has 0 aromatic heterocycles. The Morgan fingerprint density at radius 2 is 1.90 bits per heavy atom. The fourth-order valence-corrected chi connectivity index (χ4v) is 3.40. The molecule has 1 saturated heterocycles. The molecule has 118 valence electrons. The van der Waals surface area contributed by atoms with Crippen LogP contribution in [0, 0.1) is 0 Å². The van der Waals surface area contributed by atoms with Crippen molar-refractivity contribution in [1.29, 1.82) is 0 Å². The number of rotatable bonds is 6. The minimum Gasteiger partial charge on any atom is -0.371 e. The molecule has 0 bridgehead atoms. The van der Waals surface area contributed by atoms with Crippen molar-refractivity contribution in [3.63, 3.8) is 0 Å². The van der Waals surface area contributed by atoms with E-state index >= 15 is 0 Å². The first kappa shape index (κ1) is 16.3. The Bertz CT molecular complexity index is 424. The summed E-state index contributed by atoms with van der Waals surface area (Å²) in [4.78, 5) is 4.95. The second kappa shape index (κ2) is 7.81. The highest BCUT2D eigenvalue weighted by Crippen LogP contribution is 2.30. The van der Waals surface area contributed by atoms with Gasteiger partial charge in [0.1, 0.15) is 0 Å². The van der Waals surface area contributed by atoms with Crippen LogP contribution in [0.3, 0.4) is 0 Å². The molecule has 1 aliphatic rings. The van der Waals surface area contributed by atoms with E-state index in [4.69, 9.17) is 0 Å². The van der Waals surface area contributed by atoms with Gasteiger partial charge in [-0.05, 0) is 57.6 Å². The topological polar surface area (TPSA) is 18.5 Å². The molecular formula is C18H31N3. The first-order valence-electron chi connectivity index (χ1n) is 8.41. The van der Waals surface area contributed by atoms with Crippen LogP contribution in [0.1, 0.15) is 44.7 Å². The number of nitrogens with one attached hydrogen (secondary N) is 1. The van der Waals surface area contributed by atoms with Crippen molar-refractivity contribution in [2.24, 2.45) is 0 Å². The molecule has 21 heavy (non-hydrogen) atoms. The van der Waals surface area contributed by atoms with Gasteiger partial charge in [0, 0.05) is 24.8 Å². The van der Waals surface area contributed by atoms with Gasteiger partial charge in [-0.25, -0.2) is 0 Å². The molecule has 1 aromatic carbocycles. The summed E-state index contributed by atoms with van der Waals surface area (Å²) in [5.41, 5.74) is 2.85. The summed E-state index contributed by atoms with van der Waals surface area (Å²) in [5, 5.41) is 3.62. The molecule has 3 heteroatoms. The van der Waals surface area contributed by atoms with E-state index < -0.39 is 0 Å². The third kappa shape index (κ3) is 3.98. The van der Waals surface area contributed by atoms with E-state index in [1.165, 1.54) is 37.2 Å². The molecule has 1 aliphatic heterocycles. The first-order valence-corrected chi connectivity index (χ1v) is 8.41. The van der Waals surface area contributed by atoms with Crippen molar-refractivity contribution >= 4 is 5.69 Å². The first-order chi connectivity index (χ1) is 10.2. The van der Waals surface area contributed by atoms with Crippen LogP contribution in [0.4, 0.5) is 5.69 Å². The summed E-state index contributed by atoms with van der Waals surface area (Å²) >= 11 is 0. The Morgan fingerprint density at radius 3 is 2.52 bits per heavy atom. The standard InChI is InChI=1S/C18H31N3/c1-5-17(19-6-2)16-9-7-8-10-18(16)21(4)15-11-13-20(3)14-12-15/h7-10,15,17,19H,5-6,11-14H2,1-4H3. The number of benzene rings is 1. The highest BCUT2D eigenvalue weighted by molar-refractivity contribution is 5.55. The average molecular weight is 289 g/mol. The van der Waals surface area contributed by atoms with Crippen molar-refractivity contribution in [3.8, 4) is 0 Å². The Kier molecular flexibility index (Phi) is 6.07. The van der Waals surface area contributed by atoms with Crippen molar-refractivity contribution in [3.05, 3.63) is 29.8 Å². The second-order valence-corrected chi connectivity index (χ2v) is 6.22. The summed E-state index contributed by atoms with van der Waals surface area (Å²) in [7, 11) is 4.50. The third-order valence-corrected chi connectivity index (χ3v) is 4.79. The average Bonchev–Trinajstić information content (AvgIpc) is 2.53. The molecule has 1 atom stereocenters. The van der Waals surface area contributed by atoms with E-state index in [1.807, 2.05) is 0 Å². The van der Waals surface area contributed by atoms with Crippen LogP contribution in [-0.4, -0.2) is 44.7 Å². The van der Waals surface area contributed by atoms with Crippen LogP contribution in [-0.2, 0) is 0 Å². The number of likely N-dealkylation sites (tertiary alicyclic amines) is 1. The lowest BCUT2D eigenvalue weighted by molar-refractivity contribution is 0.252. The lowest BCUT2D eigenvalue weighted by atomic mass is 9.98. The lowest BCUT2D eigenvalue weighted by Crippen LogP contribution is -2.42. The molecule has 1 fully saturated rings. The summed E-state index contributed by atoms with van der Waals surface area (Å²) in [5.74, 6) is 0. The highest BCUT2D eigenvalue weighted by atomic mass is 15.2. The lowest BCUT2D eigenvalue weighted by Gasteiger charge is -2.38. The van der Waals surface area contributed by atoms with Gasteiger partial charge in [-0.2, -0.15) is 0 Å². The van der Waals surface area contributed by atoms with Gasteiger partial charge in [0.25, 0.3) is 0 Å². The van der Waals surface area contributed by atoms with Gasteiger partial charge in [0.05, 0.1) is 0 Å². The van der Waals surface area contributed by atoms with E-state index in [-0.39, 0.29) is 0 Å². The molecule has 0 radical (unpaired) electrons. The van der Waals surface area contributed by atoms with Crippen LogP contribution in [0.15, 0.2) is 24.3 Å². The van der Waals surface area contributed by atoms with Gasteiger partial charge in [-0.1, -0.05) is 32.0 Å². The normalized spacial score (nSPS) is 18.7. The molecule has 0 amide bonds. The van der Waals surface area contributed by atoms with Gasteiger partial charge in [-0.15, -0.1) is 0 Å². The number of anilines is 1. The maximum atomic E-state index is 3.62. The summed E-state index contributed by atoms with van der Waals surface area (Å²) < 4.78 is 0. The largest absolute Gasteiger partial charge is 0.371 e. The highest BCUT2D eigenvalue weighted by Gasteiger charge is 2.23. The van der Waals surface area contributed by atoms with Crippen LogP contribution in [0.2, 0.25) is 0 Å². The number of piperidine rings is 1. The number of para-hydroxylation sites is 1. The molecule has 1 unspecified atom stereocenters. The molecule has 1 heterocycles. The Labute approximate surface area is 130 Å². The Morgan fingerprint density at radius 1 is 1.24 bits per heavy atom. The van der Waals surface area contributed by atoms with Gasteiger partial charge in [0.15, 0.2) is 0 Å². The third-order valence-electron chi connectivity index (χ3n) is 4.79. The zero-order chi connectivity index (χ0) is 15.2. The van der Waals surface area contributed by atoms with Gasteiger partial charge in [-0.3, -0.25) is 0 Å². The van der Waals surface area contributed by atoms with Crippen molar-refractivity contribution in [2.45, 2.75) is 45.2 Å². The molecule has 0 saturated carbocycles. The predicted octanol–water partition coefficient (Wildman–Crippen LogP) is 3.28. The smallest absolute Gasteiger partial charge is 0.0414 e. The monoisotopic (exact) mass is 289 g/mol. The quantitative estimate of drug-likeness (QED) is 0.867. The molecule has 0 aliphatic carbocycles. The van der Waals surface area contributed by atoms with Crippen molar-refractivity contribution in [2.75, 3.05) is 38.6 Å². The molecule has 0 spiro atoms. The van der Waals surface area contributed by atoms with Crippen LogP contribution < -0.4 is 10.2 Å². The van der Waals surface area contributed by atoms with Crippen LogP contribution in [0.5, 0.6) is 0 Å². The Balaban J connectivity index is 2.18. The fraction of sp³-hybridized carbons (Fsp3) is 0.667. The molecule has 1 aromatic rings. The summed E-state index contributed by atoms with van der Waals surface area (Å²) in [6.07, 6.45) is 3.66. The molecule has 1 N–H and O–H groups in total. The van der Waals surface area contributed by atoms with E-state index in [2.05, 4.69) is 67.3 Å². The van der Waals surface area contributed by atoms with E-state index in [0.717, 1.165) is 13.0 Å². The minimum absolute atomic E-state index is 0.458. The summed E-state index contributed by atoms with van der Waals surface area (Å²) in [6.45, 7) is 7.89. The van der Waals surface area contributed by atoms with Crippen molar-refractivity contribution < 1.29 is 0 Å². The summed E-state index contributed by atoms with van der Waals surface area (Å²) in [6, 6.07) is 10.0. The molecular weight excluding hydrogens is 258 g/mol. The predicted molar refractivity (Wildman–Crippen MR) is 92.1 cm³/mol. The Hall–Kier alpha value is -1.06. The van der Waals surface area contributed by atoms with E-state index in [9.17, 15) is 0 Å². The number of nitrogens with zero attached hydrogens (tertiary/aromatic N) is 2. The maximum absolute atomic E-state index is 3.62. The zero-order valence-corrected chi connectivity index (χ0v) is 14.1. The van der Waals surface area contributed by atoms with Crippen LogP contribution in [0.25, 0.3) is 0 Å². The molecule has 3 nitrogen and oxygen atoms in total. The van der Waals surface area contributed by atoms with E-state index in [1.54, 1.807) is 0 Å². The number of hydrogen-bond donors (Lipinski definition) is 1. The SMILES string of the molecule is CCNC(CC)c1ccccc1N(C)C1CCN(C)CC1. The minimum atomic E-state index is 0.458. The molecule has 2 rings (SSSR count). The maximum Gasteiger partial charge on any atom is 0.0414 e. The van der Waals surface area contributed by atoms with Gasteiger partial charge < -0.3 is 15.1 Å². The van der Waals surface area contributed by atoms with Crippen LogP contribution >= 0.6 is 0 Å². The van der Waals surface area contributed by atoms with Gasteiger partial charge >= 0.3 is 0 Å². The fourth-order valence-electron chi connectivity index (χ4n) is 3.40. The van der Waals surface area contributed by atoms with Crippen molar-refractivity contribution in [1.82, 2.24) is 10.2 Å². The zero-order valence-electron chi connectivity index (χ0n) is 14.1. The van der Waals surface area contributed by atoms with E-state index in [0.29, 0.717) is 12.1 Å². The number of hydrogen-bond acceptors (Lipinski definition) is 3. The van der Waals surface area contributed by atoms with Gasteiger partial charge in [0.2, 0.25) is 0 Å². The second-order valence-electron chi connectivity index (χ2n) is 6.22.